The average molecular weight is 339 g/mol. The van der Waals surface area contributed by atoms with Gasteiger partial charge in [0, 0.05) is 44.8 Å². The number of hydrogen-bond donors (Lipinski definition) is 0. The van der Waals surface area contributed by atoms with Crippen LogP contribution >= 0.6 is 11.6 Å². The number of aromatic nitrogens is 4. The van der Waals surface area contributed by atoms with Crippen LogP contribution in [0.4, 0.5) is 4.39 Å². The highest BCUT2D eigenvalue weighted by Gasteiger charge is 2.25. The Hall–Kier alpha value is -1.57. The number of piperazine rings is 1. The predicted molar refractivity (Wildman–Crippen MR) is 85.5 cm³/mol. The van der Waals surface area contributed by atoms with Crippen molar-refractivity contribution in [1.29, 1.82) is 0 Å². The second-order valence-corrected chi connectivity index (χ2v) is 6.29. The first-order valence-electron chi connectivity index (χ1n) is 7.67. The molecule has 1 saturated heterocycles. The van der Waals surface area contributed by atoms with Crippen LogP contribution in [0.1, 0.15) is 24.4 Å². The fourth-order valence-corrected chi connectivity index (χ4v) is 3.18. The summed E-state index contributed by atoms with van der Waals surface area (Å²) in [5.41, 5.74) is 0.965. The molecular weight excluding hydrogens is 319 g/mol. The van der Waals surface area contributed by atoms with E-state index < -0.39 is 0 Å². The largest absolute Gasteiger partial charge is 0.296 e. The number of nitrogens with zero attached hydrogens (tertiary/aromatic N) is 6. The molecule has 0 spiro atoms. The van der Waals surface area contributed by atoms with Crippen LogP contribution in [0.5, 0.6) is 0 Å². The predicted octanol–water partition coefficient (Wildman–Crippen LogP) is 1.88. The van der Waals surface area contributed by atoms with Gasteiger partial charge in [-0.1, -0.05) is 17.7 Å². The van der Waals surface area contributed by atoms with Gasteiger partial charge in [-0.15, -0.1) is 5.10 Å². The number of tetrazole rings is 1. The lowest BCUT2D eigenvalue weighted by molar-refractivity contribution is 0.0933. The normalized spacial score (nSPS) is 18.3. The van der Waals surface area contributed by atoms with Gasteiger partial charge in [-0.3, -0.25) is 9.80 Å². The molecule has 0 aliphatic carbocycles. The molecule has 1 aromatic carbocycles. The molecule has 124 valence electrons. The van der Waals surface area contributed by atoms with Crippen LogP contribution in [-0.2, 0) is 13.6 Å². The van der Waals surface area contributed by atoms with E-state index in [0.717, 1.165) is 44.1 Å². The zero-order valence-electron chi connectivity index (χ0n) is 13.3. The quantitative estimate of drug-likeness (QED) is 0.852. The van der Waals surface area contributed by atoms with Crippen molar-refractivity contribution in [2.45, 2.75) is 19.5 Å². The van der Waals surface area contributed by atoms with Crippen LogP contribution in [0.25, 0.3) is 0 Å². The minimum atomic E-state index is -0.297. The molecule has 2 aromatic rings. The molecule has 0 radical (unpaired) electrons. The SMILES string of the molecule is C[C@H](c1nnnn1C)N1CCN(Cc2ccc(F)cc2Cl)CC1. The summed E-state index contributed by atoms with van der Waals surface area (Å²) >= 11 is 6.11. The molecular formula is C15H20ClFN6. The van der Waals surface area contributed by atoms with E-state index >= 15 is 0 Å². The van der Waals surface area contributed by atoms with E-state index in [1.54, 1.807) is 10.7 Å². The van der Waals surface area contributed by atoms with Gasteiger partial charge in [0.2, 0.25) is 0 Å². The van der Waals surface area contributed by atoms with Crippen LogP contribution in [0.3, 0.4) is 0 Å². The van der Waals surface area contributed by atoms with Gasteiger partial charge in [0.25, 0.3) is 0 Å². The van der Waals surface area contributed by atoms with Crippen molar-refractivity contribution < 1.29 is 4.39 Å². The Kier molecular flexibility index (Phi) is 4.89. The van der Waals surface area contributed by atoms with Crippen LogP contribution in [0, 0.1) is 5.82 Å². The monoisotopic (exact) mass is 338 g/mol. The van der Waals surface area contributed by atoms with Crippen molar-refractivity contribution in [3.05, 3.63) is 40.4 Å². The Morgan fingerprint density at radius 3 is 2.61 bits per heavy atom. The lowest BCUT2D eigenvalue weighted by Gasteiger charge is -2.37. The summed E-state index contributed by atoms with van der Waals surface area (Å²) in [6.07, 6.45) is 0. The molecule has 1 aliphatic rings. The van der Waals surface area contributed by atoms with Gasteiger partial charge in [-0.25, -0.2) is 9.07 Å². The Balaban J connectivity index is 1.57. The highest BCUT2D eigenvalue weighted by molar-refractivity contribution is 6.31. The van der Waals surface area contributed by atoms with E-state index in [9.17, 15) is 4.39 Å². The lowest BCUT2D eigenvalue weighted by atomic mass is 10.1. The van der Waals surface area contributed by atoms with Gasteiger partial charge in [0.05, 0.1) is 6.04 Å². The van der Waals surface area contributed by atoms with E-state index in [0.29, 0.717) is 5.02 Å². The minimum absolute atomic E-state index is 0.187. The number of halogens is 2. The summed E-state index contributed by atoms with van der Waals surface area (Å²) < 4.78 is 14.8. The van der Waals surface area contributed by atoms with Gasteiger partial charge in [-0.05, 0) is 35.0 Å². The maximum Gasteiger partial charge on any atom is 0.167 e. The average Bonchev–Trinajstić information content (AvgIpc) is 2.96. The van der Waals surface area contributed by atoms with Gasteiger partial charge in [0.1, 0.15) is 5.82 Å². The van der Waals surface area contributed by atoms with Crippen molar-refractivity contribution in [3.63, 3.8) is 0 Å². The van der Waals surface area contributed by atoms with Crippen LogP contribution in [-0.4, -0.2) is 56.2 Å². The second kappa shape index (κ2) is 6.90. The van der Waals surface area contributed by atoms with Crippen LogP contribution in [0.2, 0.25) is 5.02 Å². The van der Waals surface area contributed by atoms with Gasteiger partial charge < -0.3 is 0 Å². The molecule has 3 rings (SSSR count). The fourth-order valence-electron chi connectivity index (χ4n) is 2.95. The molecule has 1 fully saturated rings. The smallest absolute Gasteiger partial charge is 0.167 e. The molecule has 2 heterocycles. The lowest BCUT2D eigenvalue weighted by Crippen LogP contribution is -2.47. The van der Waals surface area contributed by atoms with Crippen LogP contribution in [0.15, 0.2) is 18.2 Å². The molecule has 6 nitrogen and oxygen atoms in total. The molecule has 23 heavy (non-hydrogen) atoms. The summed E-state index contributed by atoms with van der Waals surface area (Å²) in [5.74, 6) is 0.578. The van der Waals surface area contributed by atoms with Crippen molar-refractivity contribution in [2.24, 2.45) is 7.05 Å². The molecule has 0 N–H and O–H groups in total. The first-order valence-corrected chi connectivity index (χ1v) is 8.05. The summed E-state index contributed by atoms with van der Waals surface area (Å²) in [5, 5.41) is 12.2. The van der Waals surface area contributed by atoms with Crippen molar-refractivity contribution in [1.82, 2.24) is 30.0 Å². The van der Waals surface area contributed by atoms with E-state index in [-0.39, 0.29) is 11.9 Å². The number of aryl methyl sites for hydroxylation is 1. The van der Waals surface area contributed by atoms with E-state index in [1.807, 2.05) is 7.05 Å². The summed E-state index contributed by atoms with van der Waals surface area (Å²) in [6.45, 7) is 6.61. The van der Waals surface area contributed by atoms with Crippen molar-refractivity contribution >= 4 is 11.6 Å². The zero-order valence-corrected chi connectivity index (χ0v) is 14.0. The van der Waals surface area contributed by atoms with E-state index in [4.69, 9.17) is 11.6 Å². The molecule has 1 aromatic heterocycles. The third-order valence-corrected chi connectivity index (χ3v) is 4.74. The first-order chi connectivity index (χ1) is 11.0. The summed E-state index contributed by atoms with van der Waals surface area (Å²) in [6, 6.07) is 4.78. The Labute approximate surface area is 139 Å². The molecule has 0 amide bonds. The molecule has 1 aliphatic heterocycles. The topological polar surface area (TPSA) is 50.1 Å². The number of benzene rings is 1. The molecule has 1 atom stereocenters. The number of hydrogen-bond acceptors (Lipinski definition) is 5. The Morgan fingerprint density at radius 2 is 2.00 bits per heavy atom. The maximum atomic E-state index is 13.1. The standard InChI is InChI=1S/C15H20ClFN6/c1-11(15-18-19-20-21(15)2)23-7-5-22(6-8-23)10-12-3-4-13(17)9-14(12)16/h3-4,9,11H,5-8,10H2,1-2H3/t11-/m1/s1. The summed E-state index contributed by atoms with van der Waals surface area (Å²) in [7, 11) is 1.86. The molecule has 0 unspecified atom stereocenters. The maximum absolute atomic E-state index is 13.1. The van der Waals surface area contributed by atoms with Gasteiger partial charge >= 0.3 is 0 Å². The van der Waals surface area contributed by atoms with Crippen molar-refractivity contribution in [2.75, 3.05) is 26.2 Å². The van der Waals surface area contributed by atoms with Gasteiger partial charge in [0.15, 0.2) is 5.82 Å². The third kappa shape index (κ3) is 3.68. The van der Waals surface area contributed by atoms with E-state index in [2.05, 4.69) is 32.2 Å². The second-order valence-electron chi connectivity index (χ2n) is 5.88. The summed E-state index contributed by atoms with van der Waals surface area (Å²) in [4.78, 5) is 4.70. The molecule has 8 heteroatoms. The minimum Gasteiger partial charge on any atom is -0.296 e. The Morgan fingerprint density at radius 1 is 1.26 bits per heavy atom. The van der Waals surface area contributed by atoms with Crippen molar-refractivity contribution in [3.8, 4) is 0 Å². The van der Waals surface area contributed by atoms with E-state index in [1.165, 1.54) is 12.1 Å². The number of rotatable bonds is 4. The van der Waals surface area contributed by atoms with Gasteiger partial charge in [-0.2, -0.15) is 0 Å². The fraction of sp³-hybridized carbons (Fsp3) is 0.533. The van der Waals surface area contributed by atoms with Crippen LogP contribution < -0.4 is 0 Å². The Bertz CT molecular complexity index is 668. The highest BCUT2D eigenvalue weighted by Crippen LogP contribution is 2.22. The zero-order chi connectivity index (χ0) is 16.4. The highest BCUT2D eigenvalue weighted by atomic mass is 35.5. The molecule has 0 saturated carbocycles. The first kappa shape index (κ1) is 16.3. The molecule has 0 bridgehead atoms. The third-order valence-electron chi connectivity index (χ3n) is 4.39.